The van der Waals surface area contributed by atoms with E-state index in [0.717, 1.165) is 38.1 Å². The fourth-order valence-corrected chi connectivity index (χ4v) is 2.28. The lowest BCUT2D eigenvalue weighted by Gasteiger charge is -2.14. The SMILES string of the molecule is CNC(=O)c1ccc(N)cc1NCCC1CCCO1. The second-order valence-corrected chi connectivity index (χ2v) is 4.73. The molecule has 1 amide bonds. The third kappa shape index (κ3) is 3.61. The first kappa shape index (κ1) is 13.7. The van der Waals surface area contributed by atoms with E-state index in [2.05, 4.69) is 10.6 Å². The van der Waals surface area contributed by atoms with Gasteiger partial charge >= 0.3 is 0 Å². The molecule has 2 rings (SSSR count). The van der Waals surface area contributed by atoms with Crippen LogP contribution in [0.25, 0.3) is 0 Å². The number of amides is 1. The number of benzene rings is 1. The molecule has 1 fully saturated rings. The highest BCUT2D eigenvalue weighted by Crippen LogP contribution is 2.20. The second-order valence-electron chi connectivity index (χ2n) is 4.73. The Morgan fingerprint density at radius 1 is 1.53 bits per heavy atom. The summed E-state index contributed by atoms with van der Waals surface area (Å²) in [5.41, 5.74) is 7.80. The van der Waals surface area contributed by atoms with Crippen molar-refractivity contribution in [2.24, 2.45) is 0 Å². The van der Waals surface area contributed by atoms with E-state index in [-0.39, 0.29) is 5.91 Å². The van der Waals surface area contributed by atoms with E-state index in [0.29, 0.717) is 17.4 Å². The zero-order valence-corrected chi connectivity index (χ0v) is 11.2. The fourth-order valence-electron chi connectivity index (χ4n) is 2.28. The molecule has 0 aromatic heterocycles. The third-order valence-corrected chi connectivity index (χ3v) is 3.32. The Morgan fingerprint density at radius 2 is 2.37 bits per heavy atom. The minimum atomic E-state index is -0.111. The van der Waals surface area contributed by atoms with Gasteiger partial charge < -0.3 is 21.1 Å². The molecule has 1 aliphatic rings. The molecule has 1 saturated heterocycles. The molecular formula is C14H21N3O2. The maximum atomic E-state index is 11.7. The summed E-state index contributed by atoms with van der Waals surface area (Å²) < 4.78 is 5.57. The normalized spacial score (nSPS) is 18.3. The quantitative estimate of drug-likeness (QED) is 0.705. The number of hydrogen-bond acceptors (Lipinski definition) is 4. The highest BCUT2D eigenvalue weighted by atomic mass is 16.5. The lowest BCUT2D eigenvalue weighted by molar-refractivity contribution is 0.0964. The Kier molecular flexibility index (Phi) is 4.63. The van der Waals surface area contributed by atoms with Crippen LogP contribution in [0.5, 0.6) is 0 Å². The standard InChI is InChI=1S/C14H21N3O2/c1-16-14(18)12-5-4-10(15)9-13(12)17-7-6-11-3-2-8-19-11/h4-5,9,11,17H,2-3,6-8,15H2,1H3,(H,16,18). The van der Waals surface area contributed by atoms with E-state index in [9.17, 15) is 4.79 Å². The molecule has 104 valence electrons. The van der Waals surface area contributed by atoms with Crippen molar-refractivity contribution in [2.45, 2.75) is 25.4 Å². The first-order valence-electron chi connectivity index (χ1n) is 6.68. The van der Waals surface area contributed by atoms with Crippen LogP contribution >= 0.6 is 0 Å². The van der Waals surface area contributed by atoms with Crippen molar-refractivity contribution in [3.8, 4) is 0 Å². The smallest absolute Gasteiger partial charge is 0.253 e. The molecule has 19 heavy (non-hydrogen) atoms. The highest BCUT2D eigenvalue weighted by molar-refractivity contribution is 6.00. The van der Waals surface area contributed by atoms with Crippen LogP contribution in [0.4, 0.5) is 11.4 Å². The summed E-state index contributed by atoms with van der Waals surface area (Å²) in [7, 11) is 1.62. The Hall–Kier alpha value is -1.75. The van der Waals surface area contributed by atoms with Gasteiger partial charge in [0, 0.05) is 31.6 Å². The van der Waals surface area contributed by atoms with E-state index >= 15 is 0 Å². The number of carbonyl (C=O) groups excluding carboxylic acids is 1. The molecule has 0 aliphatic carbocycles. The molecule has 0 bridgehead atoms. The zero-order chi connectivity index (χ0) is 13.7. The van der Waals surface area contributed by atoms with E-state index in [1.807, 2.05) is 0 Å². The molecule has 1 aromatic rings. The van der Waals surface area contributed by atoms with E-state index < -0.39 is 0 Å². The van der Waals surface area contributed by atoms with Gasteiger partial charge in [-0.05, 0) is 37.5 Å². The van der Waals surface area contributed by atoms with Crippen molar-refractivity contribution in [1.82, 2.24) is 5.32 Å². The number of nitrogen functional groups attached to an aromatic ring is 1. The largest absolute Gasteiger partial charge is 0.399 e. The number of carbonyl (C=O) groups is 1. The van der Waals surface area contributed by atoms with Gasteiger partial charge in [-0.15, -0.1) is 0 Å². The Morgan fingerprint density at radius 3 is 3.05 bits per heavy atom. The molecule has 4 N–H and O–H groups in total. The van der Waals surface area contributed by atoms with E-state index in [4.69, 9.17) is 10.5 Å². The average molecular weight is 263 g/mol. The molecule has 0 saturated carbocycles. The zero-order valence-electron chi connectivity index (χ0n) is 11.2. The molecule has 0 spiro atoms. The molecule has 5 heteroatoms. The summed E-state index contributed by atoms with van der Waals surface area (Å²) in [6.07, 6.45) is 3.56. The first-order valence-corrected chi connectivity index (χ1v) is 6.68. The van der Waals surface area contributed by atoms with Gasteiger partial charge in [-0.3, -0.25) is 4.79 Å². The van der Waals surface area contributed by atoms with Crippen LogP contribution in [0.15, 0.2) is 18.2 Å². The third-order valence-electron chi connectivity index (χ3n) is 3.32. The van der Waals surface area contributed by atoms with Crippen LogP contribution < -0.4 is 16.4 Å². The van der Waals surface area contributed by atoms with Gasteiger partial charge in [0.05, 0.1) is 11.7 Å². The number of hydrogen-bond donors (Lipinski definition) is 3. The second kappa shape index (κ2) is 6.43. The van der Waals surface area contributed by atoms with Crippen molar-refractivity contribution in [3.05, 3.63) is 23.8 Å². The molecule has 5 nitrogen and oxygen atoms in total. The molecule has 0 radical (unpaired) electrons. The van der Waals surface area contributed by atoms with Crippen LogP contribution in [-0.4, -0.2) is 32.2 Å². The Labute approximate surface area is 113 Å². The molecular weight excluding hydrogens is 242 g/mol. The van der Waals surface area contributed by atoms with Gasteiger partial charge in [0.2, 0.25) is 0 Å². The summed E-state index contributed by atoms with van der Waals surface area (Å²) in [6.45, 7) is 1.64. The van der Waals surface area contributed by atoms with Crippen LogP contribution in [-0.2, 0) is 4.74 Å². The van der Waals surface area contributed by atoms with Gasteiger partial charge in [-0.25, -0.2) is 0 Å². The lowest BCUT2D eigenvalue weighted by atomic mass is 10.1. The summed E-state index contributed by atoms with van der Waals surface area (Å²) >= 11 is 0. The van der Waals surface area contributed by atoms with Crippen LogP contribution in [0.3, 0.4) is 0 Å². The summed E-state index contributed by atoms with van der Waals surface area (Å²) in [4.78, 5) is 11.7. The van der Waals surface area contributed by atoms with Gasteiger partial charge in [0.25, 0.3) is 5.91 Å². The maximum absolute atomic E-state index is 11.7. The molecule has 1 aliphatic heterocycles. The van der Waals surface area contributed by atoms with Crippen LogP contribution in [0, 0.1) is 0 Å². The van der Waals surface area contributed by atoms with Crippen molar-refractivity contribution < 1.29 is 9.53 Å². The van der Waals surface area contributed by atoms with Gasteiger partial charge in [0.1, 0.15) is 0 Å². The van der Waals surface area contributed by atoms with Gasteiger partial charge in [-0.1, -0.05) is 0 Å². The number of ether oxygens (including phenoxy) is 1. The number of anilines is 2. The number of rotatable bonds is 5. The summed E-state index contributed by atoms with van der Waals surface area (Å²) in [5, 5.41) is 5.90. The van der Waals surface area contributed by atoms with Crippen molar-refractivity contribution in [1.29, 1.82) is 0 Å². The minimum absolute atomic E-state index is 0.111. The molecule has 1 unspecified atom stereocenters. The predicted molar refractivity (Wildman–Crippen MR) is 76.3 cm³/mol. The van der Waals surface area contributed by atoms with Crippen molar-refractivity contribution in [3.63, 3.8) is 0 Å². The topological polar surface area (TPSA) is 76.4 Å². The minimum Gasteiger partial charge on any atom is -0.399 e. The molecule has 1 atom stereocenters. The van der Waals surface area contributed by atoms with E-state index in [1.54, 1.807) is 25.2 Å². The maximum Gasteiger partial charge on any atom is 0.253 e. The number of nitrogens with two attached hydrogens (primary N) is 1. The summed E-state index contributed by atoms with van der Waals surface area (Å²) in [6, 6.07) is 5.26. The van der Waals surface area contributed by atoms with Crippen LogP contribution in [0.2, 0.25) is 0 Å². The van der Waals surface area contributed by atoms with E-state index in [1.165, 1.54) is 0 Å². The fraction of sp³-hybridized carbons (Fsp3) is 0.500. The van der Waals surface area contributed by atoms with Crippen molar-refractivity contribution in [2.75, 3.05) is 31.2 Å². The average Bonchev–Trinajstić information content (AvgIpc) is 2.91. The highest BCUT2D eigenvalue weighted by Gasteiger charge is 2.15. The van der Waals surface area contributed by atoms with Crippen LogP contribution in [0.1, 0.15) is 29.6 Å². The van der Waals surface area contributed by atoms with Gasteiger partial charge in [-0.2, -0.15) is 0 Å². The Balaban J connectivity index is 1.97. The molecule has 1 heterocycles. The Bertz CT molecular complexity index is 442. The summed E-state index contributed by atoms with van der Waals surface area (Å²) in [5.74, 6) is -0.111. The first-order chi connectivity index (χ1) is 9.20. The number of nitrogens with one attached hydrogen (secondary N) is 2. The van der Waals surface area contributed by atoms with Gasteiger partial charge in [0.15, 0.2) is 0 Å². The molecule has 1 aromatic carbocycles. The lowest BCUT2D eigenvalue weighted by Crippen LogP contribution is -2.20. The predicted octanol–water partition coefficient (Wildman–Crippen LogP) is 1.61. The monoisotopic (exact) mass is 263 g/mol. The van der Waals surface area contributed by atoms with Crippen molar-refractivity contribution >= 4 is 17.3 Å².